The van der Waals surface area contributed by atoms with Crippen LogP contribution in [0.25, 0.3) is 10.8 Å². The Labute approximate surface area is 188 Å². The van der Waals surface area contributed by atoms with E-state index >= 15 is 0 Å². The van der Waals surface area contributed by atoms with Gasteiger partial charge in [-0.2, -0.15) is 5.10 Å². The van der Waals surface area contributed by atoms with E-state index < -0.39 is 23.8 Å². The number of carbonyl (C=O) groups excluding carboxylic acids is 1. The maximum atomic E-state index is 14.6. The van der Waals surface area contributed by atoms with Crippen molar-refractivity contribution in [2.24, 2.45) is 0 Å². The van der Waals surface area contributed by atoms with Crippen molar-refractivity contribution >= 4 is 22.5 Å². The average Bonchev–Trinajstić information content (AvgIpc) is 3.26. The minimum atomic E-state index is -2.92. The van der Waals surface area contributed by atoms with E-state index in [1.54, 1.807) is 29.5 Å². The van der Waals surface area contributed by atoms with Gasteiger partial charge in [0.2, 0.25) is 5.91 Å². The van der Waals surface area contributed by atoms with Gasteiger partial charge in [-0.25, -0.2) is 13.2 Å². The molecule has 4 rings (SSSR count). The molecule has 3 heterocycles. The Hall–Kier alpha value is -3.43. The third-order valence-corrected chi connectivity index (χ3v) is 6.14. The second-order valence-corrected chi connectivity index (χ2v) is 8.31. The highest BCUT2D eigenvalue weighted by atomic mass is 19.3. The monoisotopic (exact) mass is 459 g/mol. The lowest BCUT2D eigenvalue weighted by atomic mass is 10.0. The fourth-order valence-electron chi connectivity index (χ4n) is 4.27. The van der Waals surface area contributed by atoms with Gasteiger partial charge in [0.05, 0.1) is 23.3 Å². The smallest absolute Gasteiger partial charge is 0.266 e. The largest absolute Gasteiger partial charge is 0.361 e. The Kier molecular flexibility index (Phi) is 6.09. The lowest BCUT2D eigenvalue weighted by molar-refractivity contribution is -0.127. The Morgan fingerprint density at radius 2 is 1.94 bits per heavy atom. The number of carbonyl (C=O) groups is 1. The molecule has 0 radical (unpaired) electrons. The standard InChI is InChI=1S/C23H24F3N5O2/c1-12(16-5-4-6-17(21(16)24)22(25)26)27-23-19-11-31(15-7-8-30(10-15)14(3)32)20(33)9-18(19)13(2)28-29-23/h4-6,9,11-12,15,22H,7-8,10H2,1-3H3,(H,27,29)/t12-,15?/m1/s1. The van der Waals surface area contributed by atoms with Gasteiger partial charge < -0.3 is 14.8 Å². The van der Waals surface area contributed by atoms with Crippen molar-refractivity contribution in [1.82, 2.24) is 19.7 Å². The van der Waals surface area contributed by atoms with Gasteiger partial charge in [-0.1, -0.05) is 18.2 Å². The molecule has 10 heteroatoms. The van der Waals surface area contributed by atoms with Crippen molar-refractivity contribution in [1.29, 1.82) is 0 Å². The highest BCUT2D eigenvalue weighted by Crippen LogP contribution is 2.31. The average molecular weight is 459 g/mol. The predicted molar refractivity (Wildman–Crippen MR) is 118 cm³/mol. The van der Waals surface area contributed by atoms with Gasteiger partial charge in [-0.3, -0.25) is 9.59 Å². The molecule has 2 atom stereocenters. The number of hydrogen-bond acceptors (Lipinski definition) is 5. The Bertz CT molecular complexity index is 1280. The minimum Gasteiger partial charge on any atom is -0.361 e. The quantitative estimate of drug-likeness (QED) is 0.620. The zero-order valence-corrected chi connectivity index (χ0v) is 18.5. The van der Waals surface area contributed by atoms with Crippen molar-refractivity contribution in [3.63, 3.8) is 0 Å². The van der Waals surface area contributed by atoms with Crippen LogP contribution in [-0.4, -0.2) is 38.7 Å². The molecule has 1 saturated heterocycles. The molecule has 1 amide bonds. The fraction of sp³-hybridized carbons (Fsp3) is 0.391. The van der Waals surface area contributed by atoms with Crippen molar-refractivity contribution in [3.8, 4) is 0 Å². The number of aryl methyl sites for hydroxylation is 1. The SMILES string of the molecule is CC(=O)N1CCC(n2cc3c(N[C@H](C)c4cccc(C(F)F)c4F)nnc(C)c3cc2=O)C1. The Morgan fingerprint density at radius 3 is 2.61 bits per heavy atom. The van der Waals surface area contributed by atoms with Gasteiger partial charge in [0.15, 0.2) is 5.82 Å². The topological polar surface area (TPSA) is 80.1 Å². The number of fused-ring (bicyclic) bond motifs is 1. The molecule has 1 aromatic carbocycles. The highest BCUT2D eigenvalue weighted by Gasteiger charge is 2.27. The van der Waals surface area contributed by atoms with E-state index in [1.165, 1.54) is 25.1 Å². The van der Waals surface area contributed by atoms with Crippen LogP contribution in [0.5, 0.6) is 0 Å². The number of nitrogens with one attached hydrogen (secondary N) is 1. The molecule has 0 bridgehead atoms. The molecule has 7 nitrogen and oxygen atoms in total. The summed E-state index contributed by atoms with van der Waals surface area (Å²) in [7, 11) is 0. The number of nitrogens with zero attached hydrogens (tertiary/aromatic N) is 4. The maximum Gasteiger partial charge on any atom is 0.266 e. The fourth-order valence-corrected chi connectivity index (χ4v) is 4.27. The number of aromatic nitrogens is 3. The lowest BCUT2D eigenvalue weighted by Gasteiger charge is -2.20. The number of pyridine rings is 1. The molecule has 1 aliphatic heterocycles. The molecule has 1 unspecified atom stereocenters. The summed E-state index contributed by atoms with van der Waals surface area (Å²) >= 11 is 0. The van der Waals surface area contributed by atoms with Crippen LogP contribution in [0.2, 0.25) is 0 Å². The highest BCUT2D eigenvalue weighted by molar-refractivity contribution is 5.92. The molecule has 0 spiro atoms. The van der Waals surface area contributed by atoms with Gasteiger partial charge in [0.25, 0.3) is 12.0 Å². The van der Waals surface area contributed by atoms with E-state index in [2.05, 4.69) is 15.5 Å². The number of anilines is 1. The molecule has 0 aliphatic carbocycles. The summed E-state index contributed by atoms with van der Waals surface area (Å²) in [5.41, 5.74) is -0.255. The Balaban J connectivity index is 1.73. The van der Waals surface area contributed by atoms with Gasteiger partial charge in [-0.05, 0) is 20.3 Å². The predicted octanol–water partition coefficient (Wildman–Crippen LogP) is 4.14. The first-order valence-electron chi connectivity index (χ1n) is 10.6. The minimum absolute atomic E-state index is 0.0442. The summed E-state index contributed by atoms with van der Waals surface area (Å²) in [6.07, 6.45) is -0.602. The summed E-state index contributed by atoms with van der Waals surface area (Å²) < 4.78 is 42.5. The number of alkyl halides is 2. The van der Waals surface area contributed by atoms with Crippen LogP contribution in [0.3, 0.4) is 0 Å². The number of rotatable bonds is 5. The van der Waals surface area contributed by atoms with E-state index in [9.17, 15) is 22.8 Å². The normalized spacial score (nSPS) is 17.1. The van der Waals surface area contributed by atoms with E-state index in [-0.39, 0.29) is 23.1 Å². The molecular weight excluding hydrogens is 435 g/mol. The van der Waals surface area contributed by atoms with E-state index in [0.29, 0.717) is 41.8 Å². The van der Waals surface area contributed by atoms with E-state index in [0.717, 1.165) is 6.07 Å². The molecular formula is C23H24F3N5O2. The lowest BCUT2D eigenvalue weighted by Crippen LogP contribution is -2.29. The van der Waals surface area contributed by atoms with Crippen molar-refractivity contribution in [2.45, 2.75) is 45.7 Å². The Morgan fingerprint density at radius 1 is 1.21 bits per heavy atom. The molecule has 1 aliphatic rings. The van der Waals surface area contributed by atoms with Crippen molar-refractivity contribution in [3.05, 3.63) is 63.5 Å². The molecule has 3 aromatic rings. The molecule has 0 saturated carbocycles. The van der Waals surface area contributed by atoms with Gasteiger partial charge in [0.1, 0.15) is 5.82 Å². The first kappa shape index (κ1) is 22.8. The van der Waals surface area contributed by atoms with Crippen LogP contribution < -0.4 is 10.9 Å². The zero-order valence-electron chi connectivity index (χ0n) is 18.5. The van der Waals surface area contributed by atoms with Gasteiger partial charge in [0, 0.05) is 48.6 Å². The van der Waals surface area contributed by atoms with Gasteiger partial charge >= 0.3 is 0 Å². The number of likely N-dealkylation sites (tertiary alicyclic amines) is 1. The maximum absolute atomic E-state index is 14.6. The van der Waals surface area contributed by atoms with Crippen LogP contribution in [-0.2, 0) is 4.79 Å². The summed E-state index contributed by atoms with van der Waals surface area (Å²) in [4.78, 5) is 26.2. The van der Waals surface area contributed by atoms with Crippen LogP contribution in [0.1, 0.15) is 55.6 Å². The van der Waals surface area contributed by atoms with Crippen LogP contribution in [0, 0.1) is 12.7 Å². The second-order valence-electron chi connectivity index (χ2n) is 8.31. The molecule has 1 fully saturated rings. The van der Waals surface area contributed by atoms with Crippen molar-refractivity contribution in [2.75, 3.05) is 18.4 Å². The third kappa shape index (κ3) is 4.29. The number of hydrogen-bond donors (Lipinski definition) is 1. The van der Waals surface area contributed by atoms with Gasteiger partial charge in [-0.15, -0.1) is 5.10 Å². The van der Waals surface area contributed by atoms with Crippen LogP contribution in [0.4, 0.5) is 19.0 Å². The summed E-state index contributed by atoms with van der Waals surface area (Å²) in [6.45, 7) is 5.86. The van der Waals surface area contributed by atoms with E-state index in [4.69, 9.17) is 0 Å². The zero-order chi connectivity index (χ0) is 23.9. The second kappa shape index (κ2) is 8.84. The summed E-state index contributed by atoms with van der Waals surface area (Å²) in [5.74, 6) is -0.707. The number of halogens is 3. The van der Waals surface area contributed by atoms with E-state index in [1.807, 2.05) is 0 Å². The van der Waals surface area contributed by atoms with Crippen LogP contribution in [0.15, 0.2) is 35.3 Å². The molecule has 1 N–H and O–H groups in total. The first-order valence-corrected chi connectivity index (χ1v) is 10.6. The first-order chi connectivity index (χ1) is 15.7. The third-order valence-electron chi connectivity index (χ3n) is 6.14. The molecule has 33 heavy (non-hydrogen) atoms. The number of amides is 1. The van der Waals surface area contributed by atoms with Crippen LogP contribution >= 0.6 is 0 Å². The molecule has 2 aromatic heterocycles. The summed E-state index contributed by atoms with van der Waals surface area (Å²) in [5, 5.41) is 12.5. The summed E-state index contributed by atoms with van der Waals surface area (Å²) in [6, 6.07) is 4.49. The van der Waals surface area contributed by atoms with Crippen molar-refractivity contribution < 1.29 is 18.0 Å². The molecule has 174 valence electrons. The number of benzene rings is 1.